The molecule has 0 aromatic heterocycles. The third kappa shape index (κ3) is 4.26. The highest BCUT2D eigenvalue weighted by atomic mass is 16.5. The first kappa shape index (κ1) is 23.1. The van der Waals surface area contributed by atoms with E-state index in [9.17, 15) is 14.7 Å². The summed E-state index contributed by atoms with van der Waals surface area (Å²) in [6.45, 7) is 10.0. The molecule has 0 radical (unpaired) electrons. The molecule has 0 saturated carbocycles. The summed E-state index contributed by atoms with van der Waals surface area (Å²) < 4.78 is 11.0. The van der Waals surface area contributed by atoms with Crippen LogP contribution in [0.25, 0.3) is 5.76 Å². The highest BCUT2D eigenvalue weighted by Gasteiger charge is 2.45. The summed E-state index contributed by atoms with van der Waals surface area (Å²) in [5.74, 6) is -0.201. The molecule has 6 nitrogen and oxygen atoms in total. The zero-order valence-electron chi connectivity index (χ0n) is 19.0. The van der Waals surface area contributed by atoms with Gasteiger partial charge in [0.25, 0.3) is 11.7 Å². The van der Waals surface area contributed by atoms with Crippen LogP contribution in [0.5, 0.6) is 11.5 Å². The van der Waals surface area contributed by atoms with Crippen molar-refractivity contribution in [3.63, 3.8) is 0 Å². The SMILES string of the molecule is C=CCOc1cccc(C2/C(=C(\O)c3cc(C)c(OC)cc3C)C(=O)C(=O)N2CCC)c1. The van der Waals surface area contributed by atoms with Crippen LogP contribution in [-0.2, 0) is 9.59 Å². The number of ether oxygens (including phenoxy) is 2. The van der Waals surface area contributed by atoms with Crippen molar-refractivity contribution in [3.05, 3.63) is 76.9 Å². The minimum absolute atomic E-state index is 0.0805. The van der Waals surface area contributed by atoms with Crippen molar-refractivity contribution in [2.45, 2.75) is 33.2 Å². The number of nitrogens with zero attached hydrogens (tertiary/aromatic N) is 1. The van der Waals surface area contributed by atoms with E-state index in [0.29, 0.717) is 42.2 Å². The van der Waals surface area contributed by atoms with Crippen molar-refractivity contribution in [3.8, 4) is 11.5 Å². The van der Waals surface area contributed by atoms with Crippen molar-refractivity contribution in [1.29, 1.82) is 0 Å². The predicted octanol–water partition coefficient (Wildman–Crippen LogP) is 4.71. The van der Waals surface area contributed by atoms with E-state index < -0.39 is 17.7 Å². The van der Waals surface area contributed by atoms with Crippen molar-refractivity contribution in [2.24, 2.45) is 0 Å². The number of aliphatic hydroxyl groups excluding tert-OH is 1. The predicted molar refractivity (Wildman–Crippen MR) is 124 cm³/mol. The smallest absolute Gasteiger partial charge is 0.295 e. The van der Waals surface area contributed by atoms with E-state index in [0.717, 1.165) is 11.1 Å². The Hall–Kier alpha value is -3.54. The molecule has 1 saturated heterocycles. The van der Waals surface area contributed by atoms with E-state index in [4.69, 9.17) is 9.47 Å². The number of likely N-dealkylation sites (tertiary alicyclic amines) is 1. The third-order valence-corrected chi connectivity index (χ3v) is 5.54. The number of methoxy groups -OCH3 is 1. The van der Waals surface area contributed by atoms with E-state index in [-0.39, 0.29) is 11.3 Å². The molecule has 32 heavy (non-hydrogen) atoms. The molecule has 1 aliphatic rings. The molecule has 2 aromatic rings. The number of aliphatic hydroxyl groups is 1. The van der Waals surface area contributed by atoms with Gasteiger partial charge in [0, 0.05) is 12.1 Å². The van der Waals surface area contributed by atoms with E-state index in [1.54, 1.807) is 31.4 Å². The van der Waals surface area contributed by atoms with Gasteiger partial charge in [-0.3, -0.25) is 9.59 Å². The molecule has 1 atom stereocenters. The summed E-state index contributed by atoms with van der Waals surface area (Å²) in [5, 5.41) is 11.3. The van der Waals surface area contributed by atoms with Crippen LogP contribution in [0.4, 0.5) is 0 Å². The Morgan fingerprint density at radius 3 is 2.59 bits per heavy atom. The number of benzene rings is 2. The van der Waals surface area contributed by atoms with E-state index in [1.807, 2.05) is 39.0 Å². The first-order valence-electron chi connectivity index (χ1n) is 10.6. The second-order valence-corrected chi connectivity index (χ2v) is 7.80. The van der Waals surface area contributed by atoms with Crippen molar-refractivity contribution in [2.75, 3.05) is 20.3 Å². The number of hydrogen-bond donors (Lipinski definition) is 1. The van der Waals surface area contributed by atoms with Gasteiger partial charge < -0.3 is 19.5 Å². The molecule has 2 aromatic carbocycles. The fourth-order valence-electron chi connectivity index (χ4n) is 4.04. The molecule has 168 valence electrons. The second kappa shape index (κ2) is 9.73. The highest BCUT2D eigenvalue weighted by molar-refractivity contribution is 6.46. The fourth-order valence-corrected chi connectivity index (χ4v) is 4.04. The average molecular weight is 436 g/mol. The normalized spacial score (nSPS) is 17.5. The largest absolute Gasteiger partial charge is 0.507 e. The van der Waals surface area contributed by atoms with Crippen LogP contribution in [-0.4, -0.2) is 42.0 Å². The second-order valence-electron chi connectivity index (χ2n) is 7.80. The Morgan fingerprint density at radius 1 is 1.19 bits per heavy atom. The highest BCUT2D eigenvalue weighted by Crippen LogP contribution is 2.41. The molecule has 0 aliphatic carbocycles. The van der Waals surface area contributed by atoms with Crippen LogP contribution in [0.15, 0.2) is 54.6 Å². The monoisotopic (exact) mass is 435 g/mol. The fraction of sp³-hybridized carbons (Fsp3) is 0.308. The van der Waals surface area contributed by atoms with Crippen LogP contribution in [0.1, 0.15) is 41.6 Å². The van der Waals surface area contributed by atoms with Crippen molar-refractivity contribution >= 4 is 17.4 Å². The molecule has 1 aliphatic heterocycles. The van der Waals surface area contributed by atoms with Gasteiger partial charge in [0.05, 0.1) is 18.7 Å². The van der Waals surface area contributed by atoms with Crippen molar-refractivity contribution in [1.82, 2.24) is 4.90 Å². The summed E-state index contributed by atoms with van der Waals surface area (Å²) in [6, 6.07) is 10.1. The maximum atomic E-state index is 13.1. The Bertz CT molecular complexity index is 1090. The van der Waals surface area contributed by atoms with Crippen LogP contribution in [0.3, 0.4) is 0 Å². The lowest BCUT2D eigenvalue weighted by molar-refractivity contribution is -0.139. The van der Waals surface area contributed by atoms with Gasteiger partial charge in [0.1, 0.15) is 23.9 Å². The number of carbonyl (C=O) groups is 2. The molecule has 1 unspecified atom stereocenters. The average Bonchev–Trinajstić information content (AvgIpc) is 3.04. The van der Waals surface area contributed by atoms with Crippen molar-refractivity contribution < 1.29 is 24.2 Å². The Labute approximate surface area is 188 Å². The van der Waals surface area contributed by atoms with Gasteiger partial charge in [-0.1, -0.05) is 31.7 Å². The Kier molecular flexibility index (Phi) is 7.03. The molecule has 3 rings (SSSR count). The minimum Gasteiger partial charge on any atom is -0.507 e. The first-order chi connectivity index (χ1) is 15.3. The van der Waals surface area contributed by atoms with Crippen LogP contribution in [0.2, 0.25) is 0 Å². The molecule has 1 heterocycles. The molecule has 0 bridgehead atoms. The molecular formula is C26H29NO5. The summed E-state index contributed by atoms with van der Waals surface area (Å²) >= 11 is 0. The number of rotatable bonds is 8. The summed E-state index contributed by atoms with van der Waals surface area (Å²) in [6.07, 6.45) is 2.32. The molecule has 0 spiro atoms. The van der Waals surface area contributed by atoms with Gasteiger partial charge in [0.15, 0.2) is 0 Å². The molecule has 6 heteroatoms. The quantitative estimate of drug-likeness (QED) is 0.281. The van der Waals surface area contributed by atoms with Crippen LogP contribution in [0, 0.1) is 13.8 Å². The zero-order chi connectivity index (χ0) is 23.4. The van der Waals surface area contributed by atoms with Gasteiger partial charge in [-0.25, -0.2) is 0 Å². The van der Waals surface area contributed by atoms with Gasteiger partial charge in [-0.05, 0) is 61.2 Å². The van der Waals surface area contributed by atoms with Gasteiger partial charge in [0.2, 0.25) is 0 Å². The molecule has 1 amide bonds. The third-order valence-electron chi connectivity index (χ3n) is 5.54. The minimum atomic E-state index is -0.705. The van der Waals surface area contributed by atoms with Gasteiger partial charge >= 0.3 is 0 Å². The standard InChI is InChI=1S/C26H29NO5/c1-6-11-27-23(18-9-8-10-19(15-18)32-12-7-2)22(25(29)26(27)30)24(28)20-13-17(4)21(31-5)14-16(20)3/h7-10,13-15,23,28H,2,6,11-12H2,1,3-5H3/b24-22+. The maximum Gasteiger partial charge on any atom is 0.295 e. The number of ketones is 1. The number of amides is 1. The van der Waals surface area contributed by atoms with Crippen LogP contribution < -0.4 is 9.47 Å². The summed E-state index contributed by atoms with van der Waals surface area (Å²) in [7, 11) is 1.58. The van der Waals surface area contributed by atoms with E-state index in [2.05, 4.69) is 6.58 Å². The molecule has 1 fully saturated rings. The molecular weight excluding hydrogens is 406 g/mol. The number of aryl methyl sites for hydroxylation is 2. The maximum absolute atomic E-state index is 13.1. The summed E-state index contributed by atoms with van der Waals surface area (Å²) in [5.41, 5.74) is 2.84. The zero-order valence-corrected chi connectivity index (χ0v) is 19.0. The lowest BCUT2D eigenvalue weighted by Gasteiger charge is -2.25. The number of hydrogen-bond acceptors (Lipinski definition) is 5. The van der Waals surface area contributed by atoms with Gasteiger partial charge in [-0.2, -0.15) is 0 Å². The number of Topliss-reactive ketones (excluding diaryl/α,β-unsaturated/α-hetero) is 1. The van der Waals surface area contributed by atoms with E-state index in [1.165, 1.54) is 4.90 Å². The Balaban J connectivity index is 2.20. The summed E-state index contributed by atoms with van der Waals surface area (Å²) in [4.78, 5) is 27.5. The van der Waals surface area contributed by atoms with Crippen LogP contribution >= 0.6 is 0 Å². The van der Waals surface area contributed by atoms with Gasteiger partial charge in [-0.15, -0.1) is 0 Å². The topological polar surface area (TPSA) is 76.1 Å². The lowest BCUT2D eigenvalue weighted by Crippen LogP contribution is -2.30. The van der Waals surface area contributed by atoms with E-state index >= 15 is 0 Å². The first-order valence-corrected chi connectivity index (χ1v) is 10.6. The lowest BCUT2D eigenvalue weighted by atomic mass is 9.93. The Morgan fingerprint density at radius 2 is 1.94 bits per heavy atom. The molecule has 1 N–H and O–H groups in total. The number of carbonyl (C=O) groups excluding carboxylic acids is 2.